The Morgan fingerprint density at radius 1 is 1.73 bits per heavy atom. The molecule has 0 spiro atoms. The van der Waals surface area contributed by atoms with Crippen molar-refractivity contribution in [3.63, 3.8) is 0 Å². The molecule has 82 valence electrons. The lowest BCUT2D eigenvalue weighted by atomic mass is 10.2. The number of nitrogens with zero attached hydrogens (tertiary/aromatic N) is 1. The Morgan fingerprint density at radius 2 is 2.47 bits per heavy atom. The van der Waals surface area contributed by atoms with Gasteiger partial charge >= 0.3 is 0 Å². The summed E-state index contributed by atoms with van der Waals surface area (Å²) >= 11 is 5.75. The fourth-order valence-electron chi connectivity index (χ4n) is 1.90. The van der Waals surface area contributed by atoms with Crippen LogP contribution in [-0.2, 0) is 0 Å². The van der Waals surface area contributed by atoms with E-state index in [-0.39, 0.29) is 18.0 Å². The number of carbonyl (C=O) groups excluding carboxylic acids is 1. The third-order valence-electron chi connectivity index (χ3n) is 2.95. The largest absolute Gasteiger partial charge is 0.356 e. The molecule has 2 unspecified atom stereocenters. The van der Waals surface area contributed by atoms with Crippen LogP contribution in [0, 0.1) is 0 Å². The van der Waals surface area contributed by atoms with E-state index in [1.807, 2.05) is 6.92 Å². The number of aromatic amines is 1. The fourth-order valence-corrected chi connectivity index (χ4v) is 2.06. The van der Waals surface area contributed by atoms with Crippen LogP contribution >= 0.6 is 11.6 Å². The zero-order chi connectivity index (χ0) is 11.0. The number of halogens is 1. The van der Waals surface area contributed by atoms with Gasteiger partial charge in [0.15, 0.2) is 0 Å². The van der Waals surface area contributed by atoms with E-state index in [1.165, 1.54) is 0 Å². The molecule has 0 saturated carbocycles. The van der Waals surface area contributed by atoms with E-state index in [0.717, 1.165) is 13.0 Å². The highest BCUT2D eigenvalue weighted by Gasteiger charge is 2.32. The molecular formula is C10H14ClN3O. The molecule has 4 nitrogen and oxygen atoms in total. The third-order valence-corrected chi connectivity index (χ3v) is 3.17. The summed E-state index contributed by atoms with van der Waals surface area (Å²) in [6.45, 7) is 2.69. The van der Waals surface area contributed by atoms with Crippen molar-refractivity contribution in [3.05, 3.63) is 23.0 Å². The van der Waals surface area contributed by atoms with Crippen molar-refractivity contribution in [1.29, 1.82) is 0 Å². The van der Waals surface area contributed by atoms with Gasteiger partial charge in [0, 0.05) is 24.8 Å². The average Bonchev–Trinajstić information content (AvgIpc) is 2.75. The van der Waals surface area contributed by atoms with Crippen molar-refractivity contribution in [3.8, 4) is 0 Å². The van der Waals surface area contributed by atoms with Crippen LogP contribution in [-0.4, -0.2) is 34.4 Å². The molecule has 1 aliphatic rings. The quantitative estimate of drug-likeness (QED) is 0.758. The molecule has 0 radical (unpaired) electrons. The smallest absolute Gasteiger partial charge is 0.270 e. The second-order valence-electron chi connectivity index (χ2n) is 3.92. The lowest BCUT2D eigenvalue weighted by Crippen LogP contribution is -2.40. The molecule has 1 aromatic rings. The lowest BCUT2D eigenvalue weighted by molar-refractivity contribution is 0.0737. The summed E-state index contributed by atoms with van der Waals surface area (Å²) in [6.07, 6.45) is 2.47. The second kappa shape index (κ2) is 3.87. The van der Waals surface area contributed by atoms with Crippen LogP contribution in [0.1, 0.15) is 23.8 Å². The van der Waals surface area contributed by atoms with Crippen LogP contribution < -0.4 is 5.73 Å². The Morgan fingerprint density at radius 3 is 2.93 bits per heavy atom. The van der Waals surface area contributed by atoms with Crippen LogP contribution in [0.3, 0.4) is 0 Å². The summed E-state index contributed by atoms with van der Waals surface area (Å²) in [6, 6.07) is 1.82. The topological polar surface area (TPSA) is 62.1 Å². The summed E-state index contributed by atoms with van der Waals surface area (Å²) < 4.78 is 0. The first-order chi connectivity index (χ1) is 7.09. The Kier molecular flexibility index (Phi) is 2.71. The van der Waals surface area contributed by atoms with Crippen molar-refractivity contribution in [2.45, 2.75) is 25.4 Å². The van der Waals surface area contributed by atoms with Crippen molar-refractivity contribution in [1.82, 2.24) is 9.88 Å². The van der Waals surface area contributed by atoms with Gasteiger partial charge in [-0.25, -0.2) is 0 Å². The lowest BCUT2D eigenvalue weighted by Gasteiger charge is -2.22. The van der Waals surface area contributed by atoms with Crippen molar-refractivity contribution < 1.29 is 4.79 Å². The number of hydrogen-bond donors (Lipinski definition) is 2. The summed E-state index contributed by atoms with van der Waals surface area (Å²) in [4.78, 5) is 16.6. The molecule has 5 heteroatoms. The third kappa shape index (κ3) is 1.87. The van der Waals surface area contributed by atoms with Gasteiger partial charge in [-0.3, -0.25) is 4.79 Å². The van der Waals surface area contributed by atoms with Gasteiger partial charge in [0.25, 0.3) is 5.91 Å². The van der Waals surface area contributed by atoms with Crippen LogP contribution in [0.2, 0.25) is 5.02 Å². The minimum Gasteiger partial charge on any atom is -0.356 e. The monoisotopic (exact) mass is 227 g/mol. The molecule has 0 aliphatic carbocycles. The van der Waals surface area contributed by atoms with Gasteiger partial charge in [-0.2, -0.15) is 0 Å². The molecule has 1 aliphatic heterocycles. The number of aromatic nitrogens is 1. The van der Waals surface area contributed by atoms with Gasteiger partial charge in [-0.15, -0.1) is 0 Å². The Hall–Kier alpha value is -1.00. The molecule has 1 amide bonds. The molecule has 0 aromatic carbocycles. The van der Waals surface area contributed by atoms with Gasteiger partial charge < -0.3 is 15.6 Å². The average molecular weight is 228 g/mol. The standard InChI is InChI=1S/C10H14ClN3O/c1-6-8(12)2-3-14(6)10(15)9-4-7(11)5-13-9/h4-6,8,13H,2-3,12H2,1H3. The summed E-state index contributed by atoms with van der Waals surface area (Å²) in [5.74, 6) is -0.0256. The Labute approximate surface area is 93.4 Å². The fraction of sp³-hybridized carbons (Fsp3) is 0.500. The minimum absolute atomic E-state index is 0.0256. The Bertz CT molecular complexity index is 376. The molecule has 2 heterocycles. The summed E-state index contributed by atoms with van der Waals surface area (Å²) in [7, 11) is 0. The molecule has 3 N–H and O–H groups in total. The van der Waals surface area contributed by atoms with Crippen molar-refractivity contribution >= 4 is 17.5 Å². The van der Waals surface area contributed by atoms with E-state index in [0.29, 0.717) is 10.7 Å². The molecule has 15 heavy (non-hydrogen) atoms. The highest BCUT2D eigenvalue weighted by Crippen LogP contribution is 2.19. The molecule has 2 atom stereocenters. The van der Waals surface area contributed by atoms with E-state index in [2.05, 4.69) is 4.98 Å². The number of nitrogens with one attached hydrogen (secondary N) is 1. The van der Waals surface area contributed by atoms with E-state index < -0.39 is 0 Å². The van der Waals surface area contributed by atoms with Crippen LogP contribution in [0.15, 0.2) is 12.3 Å². The number of H-pyrrole nitrogens is 1. The second-order valence-corrected chi connectivity index (χ2v) is 4.36. The first-order valence-electron chi connectivity index (χ1n) is 5.00. The maximum atomic E-state index is 12.0. The van der Waals surface area contributed by atoms with E-state index >= 15 is 0 Å². The summed E-state index contributed by atoms with van der Waals surface area (Å²) in [5, 5.41) is 0.550. The van der Waals surface area contributed by atoms with E-state index in [1.54, 1.807) is 17.2 Å². The molecule has 2 rings (SSSR count). The predicted octanol–water partition coefficient (Wildman–Crippen LogP) is 1.23. The van der Waals surface area contributed by atoms with Crippen molar-refractivity contribution in [2.75, 3.05) is 6.54 Å². The predicted molar refractivity (Wildman–Crippen MR) is 58.9 cm³/mol. The van der Waals surface area contributed by atoms with Gasteiger partial charge in [0.2, 0.25) is 0 Å². The number of nitrogens with two attached hydrogens (primary N) is 1. The first-order valence-corrected chi connectivity index (χ1v) is 5.38. The van der Waals surface area contributed by atoms with Crippen LogP contribution in [0.25, 0.3) is 0 Å². The number of hydrogen-bond acceptors (Lipinski definition) is 2. The van der Waals surface area contributed by atoms with Crippen molar-refractivity contribution in [2.24, 2.45) is 5.73 Å². The molecular weight excluding hydrogens is 214 g/mol. The zero-order valence-electron chi connectivity index (χ0n) is 8.53. The number of carbonyl (C=O) groups is 1. The molecule has 1 fully saturated rings. The zero-order valence-corrected chi connectivity index (χ0v) is 9.29. The minimum atomic E-state index is -0.0256. The van der Waals surface area contributed by atoms with Crippen LogP contribution in [0.4, 0.5) is 0 Å². The SMILES string of the molecule is CC1C(N)CCN1C(=O)c1cc(Cl)c[nH]1. The molecule has 1 saturated heterocycles. The molecule has 1 aromatic heterocycles. The highest BCUT2D eigenvalue weighted by molar-refractivity contribution is 6.30. The van der Waals surface area contributed by atoms with Gasteiger partial charge in [0.05, 0.1) is 5.02 Å². The van der Waals surface area contributed by atoms with Gasteiger partial charge in [-0.05, 0) is 19.4 Å². The number of likely N-dealkylation sites (tertiary alicyclic amines) is 1. The van der Waals surface area contributed by atoms with Crippen LogP contribution in [0.5, 0.6) is 0 Å². The Balaban J connectivity index is 2.15. The maximum Gasteiger partial charge on any atom is 0.270 e. The summed E-state index contributed by atoms with van der Waals surface area (Å²) in [5.41, 5.74) is 6.39. The van der Waals surface area contributed by atoms with Gasteiger partial charge in [0.1, 0.15) is 5.69 Å². The molecule has 0 bridgehead atoms. The first kappa shape index (κ1) is 10.5. The van der Waals surface area contributed by atoms with E-state index in [9.17, 15) is 4.79 Å². The maximum absolute atomic E-state index is 12.0. The van der Waals surface area contributed by atoms with Gasteiger partial charge in [-0.1, -0.05) is 11.6 Å². The number of rotatable bonds is 1. The van der Waals surface area contributed by atoms with E-state index in [4.69, 9.17) is 17.3 Å². The highest BCUT2D eigenvalue weighted by atomic mass is 35.5. The normalized spacial score (nSPS) is 25.9. The number of amides is 1.